The van der Waals surface area contributed by atoms with Crippen LogP contribution >= 0.6 is 12.2 Å². The van der Waals surface area contributed by atoms with Gasteiger partial charge >= 0.3 is 0 Å². The lowest BCUT2D eigenvalue weighted by Crippen LogP contribution is -2.25. The minimum Gasteiger partial charge on any atom is -0.296 e. The molecule has 0 amide bonds. The number of nitrogens with one attached hydrogen (secondary N) is 1. The molecule has 4 nitrogen and oxygen atoms in total. The molecule has 3 rings (SSSR count). The first-order chi connectivity index (χ1) is 8.25. The van der Waals surface area contributed by atoms with Crippen molar-refractivity contribution in [3.63, 3.8) is 0 Å². The first kappa shape index (κ1) is 10.7. The van der Waals surface area contributed by atoms with E-state index >= 15 is 0 Å². The van der Waals surface area contributed by atoms with Crippen molar-refractivity contribution >= 4 is 12.2 Å². The molecule has 1 saturated carbocycles. The molecule has 17 heavy (non-hydrogen) atoms. The average molecular weight is 246 g/mol. The lowest BCUT2D eigenvalue weighted by atomic mass is 9.81. The van der Waals surface area contributed by atoms with Crippen LogP contribution in [0, 0.1) is 10.7 Å². The lowest BCUT2D eigenvalue weighted by molar-refractivity contribution is 0.215. The molecule has 2 aromatic rings. The topological polar surface area (TPSA) is 46.5 Å². The van der Waals surface area contributed by atoms with E-state index < -0.39 is 0 Å². The highest BCUT2D eigenvalue weighted by Gasteiger charge is 2.29. The SMILES string of the molecule is CC1CC(n2c(-c3ccccn3)n[nH]c2=S)C1. The Morgan fingerprint density at radius 1 is 1.41 bits per heavy atom. The summed E-state index contributed by atoms with van der Waals surface area (Å²) in [5.74, 6) is 1.64. The number of nitrogens with zero attached hydrogens (tertiary/aromatic N) is 3. The molecule has 0 unspecified atom stereocenters. The van der Waals surface area contributed by atoms with Gasteiger partial charge in [-0.05, 0) is 43.1 Å². The van der Waals surface area contributed by atoms with E-state index in [1.54, 1.807) is 6.20 Å². The van der Waals surface area contributed by atoms with Gasteiger partial charge in [-0.3, -0.25) is 14.6 Å². The number of H-pyrrole nitrogens is 1. The smallest absolute Gasteiger partial charge is 0.195 e. The van der Waals surface area contributed by atoms with Crippen molar-refractivity contribution in [1.29, 1.82) is 0 Å². The highest BCUT2D eigenvalue weighted by atomic mass is 32.1. The Hall–Kier alpha value is -1.49. The Balaban J connectivity index is 2.04. The van der Waals surface area contributed by atoms with Crippen LogP contribution in [0.25, 0.3) is 11.5 Å². The quantitative estimate of drug-likeness (QED) is 0.829. The summed E-state index contributed by atoms with van der Waals surface area (Å²) >= 11 is 5.31. The molecule has 2 heterocycles. The average Bonchev–Trinajstić information content (AvgIpc) is 2.68. The maximum absolute atomic E-state index is 5.31. The van der Waals surface area contributed by atoms with Gasteiger partial charge in [0.25, 0.3) is 0 Å². The maximum Gasteiger partial charge on any atom is 0.195 e. The number of hydrogen-bond acceptors (Lipinski definition) is 3. The molecular weight excluding hydrogens is 232 g/mol. The summed E-state index contributed by atoms with van der Waals surface area (Å²) in [7, 11) is 0. The zero-order valence-electron chi connectivity index (χ0n) is 9.63. The molecule has 0 atom stereocenters. The van der Waals surface area contributed by atoms with E-state index in [0.29, 0.717) is 10.8 Å². The van der Waals surface area contributed by atoms with Crippen LogP contribution < -0.4 is 0 Å². The monoisotopic (exact) mass is 246 g/mol. The Labute approximate surface area is 105 Å². The Morgan fingerprint density at radius 2 is 2.24 bits per heavy atom. The molecule has 1 aliphatic rings. The van der Waals surface area contributed by atoms with Gasteiger partial charge in [0, 0.05) is 12.2 Å². The molecular formula is C12H14N4S. The summed E-state index contributed by atoms with van der Waals surface area (Å²) in [4.78, 5) is 4.33. The van der Waals surface area contributed by atoms with Crippen LogP contribution in [-0.4, -0.2) is 19.7 Å². The van der Waals surface area contributed by atoms with E-state index in [2.05, 4.69) is 26.7 Å². The molecule has 0 radical (unpaired) electrons. The molecule has 1 aliphatic carbocycles. The fourth-order valence-corrected chi connectivity index (χ4v) is 2.67. The third-order valence-electron chi connectivity index (χ3n) is 3.31. The van der Waals surface area contributed by atoms with Gasteiger partial charge in [0.2, 0.25) is 0 Å². The zero-order valence-corrected chi connectivity index (χ0v) is 10.4. The van der Waals surface area contributed by atoms with Gasteiger partial charge in [0.1, 0.15) is 5.69 Å². The first-order valence-corrected chi connectivity index (χ1v) is 6.25. The van der Waals surface area contributed by atoms with E-state index in [4.69, 9.17) is 12.2 Å². The van der Waals surface area contributed by atoms with Crippen LogP contribution in [0.15, 0.2) is 24.4 Å². The summed E-state index contributed by atoms with van der Waals surface area (Å²) < 4.78 is 2.81. The van der Waals surface area contributed by atoms with Gasteiger partial charge in [-0.2, -0.15) is 5.10 Å². The predicted molar refractivity (Wildman–Crippen MR) is 68.1 cm³/mol. The molecule has 0 aromatic carbocycles. The van der Waals surface area contributed by atoms with E-state index in [-0.39, 0.29) is 0 Å². The Bertz CT molecular complexity index is 566. The zero-order chi connectivity index (χ0) is 11.8. The van der Waals surface area contributed by atoms with Crippen molar-refractivity contribution in [3.05, 3.63) is 29.2 Å². The van der Waals surface area contributed by atoms with Crippen molar-refractivity contribution < 1.29 is 0 Å². The highest BCUT2D eigenvalue weighted by molar-refractivity contribution is 7.71. The summed E-state index contributed by atoms with van der Waals surface area (Å²) in [5.41, 5.74) is 0.874. The first-order valence-electron chi connectivity index (χ1n) is 5.84. The van der Waals surface area contributed by atoms with Gasteiger partial charge in [-0.15, -0.1) is 0 Å². The summed E-state index contributed by atoms with van der Waals surface area (Å²) in [6.45, 7) is 2.26. The Kier molecular flexibility index (Phi) is 2.55. The van der Waals surface area contributed by atoms with E-state index in [0.717, 1.165) is 17.4 Å². The summed E-state index contributed by atoms with van der Waals surface area (Å²) in [6.07, 6.45) is 4.13. The second-order valence-corrected chi connectivity index (χ2v) is 5.05. The number of aromatic amines is 1. The third-order valence-corrected chi connectivity index (χ3v) is 3.60. The molecule has 2 aromatic heterocycles. The van der Waals surface area contributed by atoms with Crippen molar-refractivity contribution in [2.75, 3.05) is 0 Å². The van der Waals surface area contributed by atoms with Gasteiger partial charge < -0.3 is 0 Å². The van der Waals surface area contributed by atoms with E-state index in [9.17, 15) is 0 Å². The van der Waals surface area contributed by atoms with E-state index in [1.807, 2.05) is 18.2 Å². The van der Waals surface area contributed by atoms with Gasteiger partial charge in [-0.1, -0.05) is 13.0 Å². The molecule has 88 valence electrons. The fraction of sp³-hybridized carbons (Fsp3) is 0.417. The molecule has 1 fully saturated rings. The molecule has 0 saturated heterocycles. The minimum absolute atomic E-state index is 0.480. The summed E-state index contributed by atoms with van der Waals surface area (Å²) in [5, 5.41) is 7.17. The van der Waals surface area contributed by atoms with Crippen molar-refractivity contribution in [1.82, 2.24) is 19.7 Å². The van der Waals surface area contributed by atoms with Crippen LogP contribution in [0.1, 0.15) is 25.8 Å². The fourth-order valence-electron chi connectivity index (χ4n) is 2.39. The number of aromatic nitrogens is 4. The minimum atomic E-state index is 0.480. The van der Waals surface area contributed by atoms with Crippen LogP contribution in [0.4, 0.5) is 0 Å². The van der Waals surface area contributed by atoms with Crippen molar-refractivity contribution in [2.45, 2.75) is 25.8 Å². The second-order valence-electron chi connectivity index (χ2n) is 4.67. The third kappa shape index (κ3) is 1.80. The van der Waals surface area contributed by atoms with Gasteiger partial charge in [0.15, 0.2) is 10.6 Å². The van der Waals surface area contributed by atoms with Crippen molar-refractivity contribution in [3.8, 4) is 11.5 Å². The van der Waals surface area contributed by atoms with E-state index in [1.165, 1.54) is 12.8 Å². The maximum atomic E-state index is 5.31. The van der Waals surface area contributed by atoms with Crippen LogP contribution in [-0.2, 0) is 0 Å². The predicted octanol–water partition coefficient (Wildman–Crippen LogP) is 2.97. The standard InChI is InChI=1S/C12H14N4S/c1-8-6-9(7-8)16-11(14-15-12(16)17)10-4-2-3-5-13-10/h2-5,8-9H,6-7H2,1H3,(H,15,17). The number of hydrogen-bond donors (Lipinski definition) is 1. The van der Waals surface area contributed by atoms with Gasteiger partial charge in [-0.25, -0.2) is 0 Å². The largest absolute Gasteiger partial charge is 0.296 e. The molecule has 0 spiro atoms. The molecule has 0 bridgehead atoms. The molecule has 1 N–H and O–H groups in total. The molecule has 0 aliphatic heterocycles. The highest BCUT2D eigenvalue weighted by Crippen LogP contribution is 2.39. The van der Waals surface area contributed by atoms with Crippen LogP contribution in [0.5, 0.6) is 0 Å². The lowest BCUT2D eigenvalue weighted by Gasteiger charge is -2.34. The molecule has 5 heteroatoms. The van der Waals surface area contributed by atoms with Crippen LogP contribution in [0.3, 0.4) is 0 Å². The second kappa shape index (κ2) is 4.07. The van der Waals surface area contributed by atoms with Crippen LogP contribution in [0.2, 0.25) is 0 Å². The normalized spacial score (nSPS) is 23.4. The summed E-state index contributed by atoms with van der Waals surface area (Å²) in [6, 6.07) is 6.31. The number of pyridine rings is 1. The van der Waals surface area contributed by atoms with Crippen molar-refractivity contribution in [2.24, 2.45) is 5.92 Å². The van der Waals surface area contributed by atoms with Gasteiger partial charge in [0.05, 0.1) is 0 Å². The Morgan fingerprint density at radius 3 is 2.88 bits per heavy atom. The number of rotatable bonds is 2.